The smallest absolute Gasteiger partial charge is 0.341 e. The maximum atomic E-state index is 12.7. The molecule has 2 aromatic rings. The third kappa shape index (κ3) is 4.02. The Morgan fingerprint density at radius 1 is 1.43 bits per heavy atom. The van der Waals surface area contributed by atoms with E-state index < -0.39 is 16.8 Å². The number of nitrogens with zero attached hydrogens (tertiary/aromatic N) is 1. The second-order valence-corrected chi connectivity index (χ2v) is 8.16. The molecule has 1 atom stereocenters. The van der Waals surface area contributed by atoms with Crippen LogP contribution in [0, 0.1) is 16.0 Å². The molecule has 1 aliphatic rings. The molecule has 1 unspecified atom stereocenters. The zero-order valence-electron chi connectivity index (χ0n) is 15.4. The summed E-state index contributed by atoms with van der Waals surface area (Å²) < 4.78 is 5.19. The molecule has 9 heteroatoms. The molecule has 148 valence electrons. The van der Waals surface area contributed by atoms with Gasteiger partial charge in [-0.3, -0.25) is 14.9 Å². The number of fused-ring (bicyclic) bond motifs is 1. The van der Waals surface area contributed by atoms with E-state index in [9.17, 15) is 19.7 Å². The Morgan fingerprint density at radius 2 is 2.18 bits per heavy atom. The number of hydrogen-bond acceptors (Lipinski definition) is 6. The highest BCUT2D eigenvalue weighted by Gasteiger charge is 2.29. The molecule has 1 amide bonds. The third-order valence-corrected chi connectivity index (χ3v) is 6.11. The number of nitrogens with one attached hydrogen (secondary N) is 1. The maximum absolute atomic E-state index is 12.7. The fourth-order valence-corrected chi connectivity index (χ4v) is 4.88. The van der Waals surface area contributed by atoms with Gasteiger partial charge >= 0.3 is 5.97 Å². The molecule has 0 aliphatic heterocycles. The lowest BCUT2D eigenvalue weighted by molar-refractivity contribution is -0.384. The van der Waals surface area contributed by atoms with Crippen LogP contribution >= 0.6 is 22.9 Å². The number of carbonyl (C=O) groups excluding carboxylic acids is 2. The van der Waals surface area contributed by atoms with Gasteiger partial charge < -0.3 is 10.1 Å². The first-order valence-corrected chi connectivity index (χ1v) is 10.1. The number of amides is 1. The van der Waals surface area contributed by atoms with Gasteiger partial charge in [0.1, 0.15) is 5.00 Å². The number of anilines is 1. The van der Waals surface area contributed by atoms with Crippen LogP contribution in [-0.4, -0.2) is 23.4 Å². The molecule has 1 aromatic carbocycles. The second kappa shape index (κ2) is 8.28. The fourth-order valence-electron chi connectivity index (χ4n) is 3.23. The molecule has 1 N–H and O–H groups in total. The molecule has 28 heavy (non-hydrogen) atoms. The summed E-state index contributed by atoms with van der Waals surface area (Å²) in [6.45, 7) is 4.12. The number of carbonyl (C=O) groups is 2. The SMILES string of the molecule is CCOC(=O)c1c(NC(=O)c2ccc([N+](=O)[O-])cc2Cl)sc2c1CCC(C)C2. The van der Waals surface area contributed by atoms with Gasteiger partial charge in [0.05, 0.1) is 27.7 Å². The second-order valence-electron chi connectivity index (χ2n) is 6.65. The Bertz CT molecular complexity index is 956. The standard InChI is InChI=1S/C19H19ClN2O5S/c1-3-27-19(24)16-13-6-4-10(2)8-15(13)28-18(16)21-17(23)12-7-5-11(22(25)26)9-14(12)20/h5,7,9-10H,3-4,6,8H2,1-2H3,(H,21,23). The highest BCUT2D eigenvalue weighted by Crippen LogP contribution is 2.40. The summed E-state index contributed by atoms with van der Waals surface area (Å²) in [7, 11) is 0. The van der Waals surface area contributed by atoms with Gasteiger partial charge in [-0.05, 0) is 43.7 Å². The summed E-state index contributed by atoms with van der Waals surface area (Å²) >= 11 is 7.43. The normalized spacial score (nSPS) is 15.6. The average molecular weight is 423 g/mol. The van der Waals surface area contributed by atoms with Crippen molar-refractivity contribution in [1.82, 2.24) is 0 Å². The molecule has 0 saturated heterocycles. The first kappa shape index (κ1) is 20.3. The third-order valence-electron chi connectivity index (χ3n) is 4.63. The van der Waals surface area contributed by atoms with Crippen molar-refractivity contribution in [1.29, 1.82) is 0 Å². The van der Waals surface area contributed by atoms with Gasteiger partial charge in [0, 0.05) is 17.0 Å². The summed E-state index contributed by atoms with van der Waals surface area (Å²) in [5.41, 5.74) is 1.24. The zero-order valence-corrected chi connectivity index (χ0v) is 17.0. The minimum Gasteiger partial charge on any atom is -0.462 e. The van der Waals surface area contributed by atoms with Crippen LogP contribution in [0.1, 0.15) is 51.4 Å². The zero-order chi connectivity index (χ0) is 20.4. The van der Waals surface area contributed by atoms with Crippen LogP contribution < -0.4 is 5.32 Å². The minimum atomic E-state index is -0.582. The van der Waals surface area contributed by atoms with E-state index in [4.69, 9.17) is 16.3 Å². The number of benzene rings is 1. The van der Waals surface area contributed by atoms with Crippen molar-refractivity contribution >= 4 is 45.5 Å². The van der Waals surface area contributed by atoms with E-state index in [1.165, 1.54) is 23.5 Å². The quantitative estimate of drug-likeness (QED) is 0.421. The Balaban J connectivity index is 1.94. The van der Waals surface area contributed by atoms with E-state index in [2.05, 4.69) is 12.2 Å². The van der Waals surface area contributed by atoms with E-state index in [0.717, 1.165) is 35.8 Å². The Labute approximate surface area is 170 Å². The Kier molecular flexibility index (Phi) is 6.00. The average Bonchev–Trinajstić information content (AvgIpc) is 2.98. The van der Waals surface area contributed by atoms with Crippen molar-refractivity contribution < 1.29 is 19.2 Å². The fraction of sp³-hybridized carbons (Fsp3) is 0.368. The van der Waals surface area contributed by atoms with E-state index in [-0.39, 0.29) is 22.9 Å². The van der Waals surface area contributed by atoms with Crippen LogP contribution in [0.5, 0.6) is 0 Å². The topological polar surface area (TPSA) is 98.5 Å². The number of thiophene rings is 1. The molecule has 0 bridgehead atoms. The summed E-state index contributed by atoms with van der Waals surface area (Å²) in [5.74, 6) is -0.481. The Morgan fingerprint density at radius 3 is 2.82 bits per heavy atom. The van der Waals surface area contributed by atoms with E-state index >= 15 is 0 Å². The molecular formula is C19H19ClN2O5S. The first-order chi connectivity index (χ1) is 13.3. The number of hydrogen-bond donors (Lipinski definition) is 1. The highest BCUT2D eigenvalue weighted by atomic mass is 35.5. The van der Waals surface area contributed by atoms with Crippen molar-refractivity contribution in [2.45, 2.75) is 33.1 Å². The van der Waals surface area contributed by atoms with E-state index in [1.807, 2.05) is 0 Å². The highest BCUT2D eigenvalue weighted by molar-refractivity contribution is 7.17. The molecular weight excluding hydrogens is 404 g/mol. The van der Waals surface area contributed by atoms with Crippen LogP contribution in [-0.2, 0) is 17.6 Å². The lowest BCUT2D eigenvalue weighted by Gasteiger charge is -2.18. The van der Waals surface area contributed by atoms with Gasteiger partial charge in [0.25, 0.3) is 11.6 Å². The number of halogens is 1. The predicted molar refractivity (Wildman–Crippen MR) is 108 cm³/mol. The molecule has 0 radical (unpaired) electrons. The maximum Gasteiger partial charge on any atom is 0.341 e. The molecule has 1 aromatic heterocycles. The van der Waals surface area contributed by atoms with E-state index in [1.54, 1.807) is 6.92 Å². The molecule has 7 nitrogen and oxygen atoms in total. The largest absolute Gasteiger partial charge is 0.462 e. The lowest BCUT2D eigenvalue weighted by Crippen LogP contribution is -2.17. The molecule has 1 heterocycles. The number of esters is 1. The van der Waals surface area contributed by atoms with Crippen molar-refractivity contribution in [3.63, 3.8) is 0 Å². The van der Waals surface area contributed by atoms with Gasteiger partial charge in [-0.2, -0.15) is 0 Å². The molecule has 0 spiro atoms. The monoisotopic (exact) mass is 422 g/mol. The van der Waals surface area contributed by atoms with Gasteiger partial charge in [0.2, 0.25) is 0 Å². The summed E-state index contributed by atoms with van der Waals surface area (Å²) in [5, 5.41) is 14.0. The van der Waals surface area contributed by atoms with Gasteiger partial charge in [-0.15, -0.1) is 11.3 Å². The van der Waals surface area contributed by atoms with Crippen LogP contribution in [0.25, 0.3) is 0 Å². The van der Waals surface area contributed by atoms with Crippen molar-refractivity contribution in [2.24, 2.45) is 5.92 Å². The van der Waals surface area contributed by atoms with Crippen LogP contribution in [0.2, 0.25) is 5.02 Å². The lowest BCUT2D eigenvalue weighted by atomic mass is 9.88. The molecule has 1 aliphatic carbocycles. The number of non-ortho nitro benzene ring substituents is 1. The molecule has 3 rings (SSSR count). The molecule has 0 fully saturated rings. The van der Waals surface area contributed by atoms with Crippen LogP contribution in [0.15, 0.2) is 18.2 Å². The van der Waals surface area contributed by atoms with Gasteiger partial charge in [-0.1, -0.05) is 18.5 Å². The summed E-state index contributed by atoms with van der Waals surface area (Å²) in [6.07, 6.45) is 2.58. The first-order valence-electron chi connectivity index (χ1n) is 8.88. The summed E-state index contributed by atoms with van der Waals surface area (Å²) in [6, 6.07) is 3.65. The number of rotatable bonds is 5. The van der Waals surface area contributed by atoms with Gasteiger partial charge in [0.15, 0.2) is 0 Å². The van der Waals surface area contributed by atoms with Gasteiger partial charge in [-0.25, -0.2) is 4.79 Å². The number of ether oxygens (including phenoxy) is 1. The van der Waals surface area contributed by atoms with E-state index in [0.29, 0.717) is 16.5 Å². The predicted octanol–water partition coefficient (Wildman–Crippen LogP) is 4.86. The summed E-state index contributed by atoms with van der Waals surface area (Å²) in [4.78, 5) is 36.6. The Hall–Kier alpha value is -2.45. The van der Waals surface area contributed by atoms with Crippen molar-refractivity contribution in [2.75, 3.05) is 11.9 Å². The number of nitro benzene ring substituents is 1. The van der Waals surface area contributed by atoms with Crippen LogP contribution in [0.3, 0.4) is 0 Å². The number of nitro groups is 1. The van der Waals surface area contributed by atoms with Crippen LogP contribution in [0.4, 0.5) is 10.7 Å². The minimum absolute atomic E-state index is 0.0284. The molecule has 0 saturated carbocycles. The van der Waals surface area contributed by atoms with Crippen molar-refractivity contribution in [3.8, 4) is 0 Å². The van der Waals surface area contributed by atoms with Crippen molar-refractivity contribution in [3.05, 3.63) is 54.9 Å².